The lowest BCUT2D eigenvalue weighted by molar-refractivity contribution is 1.11. The second kappa shape index (κ2) is 29.8. The molecule has 20 heteroatoms. The van der Waals surface area contributed by atoms with E-state index in [1.165, 1.54) is 0 Å². The van der Waals surface area contributed by atoms with E-state index in [4.69, 9.17) is 91.8 Å². The monoisotopic (exact) mass is 1110 g/mol. The molecule has 0 saturated carbocycles. The molecule has 5 radical (unpaired) electrons. The van der Waals surface area contributed by atoms with Crippen molar-refractivity contribution in [1.82, 2.24) is 0 Å². The highest BCUT2D eigenvalue weighted by atomic mass is 79.9. The fourth-order valence-corrected chi connectivity index (χ4v) is 6.12. The zero-order chi connectivity index (χ0) is 34.3. The minimum atomic E-state index is 0. The van der Waals surface area contributed by atoms with Crippen molar-refractivity contribution in [2.45, 2.75) is 24.5 Å². The third-order valence-electron chi connectivity index (χ3n) is 4.86. The molecular formula is C30H30Br5F5N5S5. The van der Waals surface area contributed by atoms with Crippen LogP contribution in [0.25, 0.3) is 0 Å². The molecule has 0 aliphatic rings. The van der Waals surface area contributed by atoms with Gasteiger partial charge in [-0.15, -0.1) is 0 Å². The Bertz CT molecular complexity index is 1430. The summed E-state index contributed by atoms with van der Waals surface area (Å²) in [5.41, 5.74) is 31.1. The van der Waals surface area contributed by atoms with Gasteiger partial charge in [-0.1, -0.05) is 63.1 Å². The molecule has 0 amide bonds. The molecule has 0 aromatic heterocycles. The van der Waals surface area contributed by atoms with E-state index in [0.29, 0.717) is 0 Å². The second-order valence-corrected chi connectivity index (χ2v) is 15.0. The van der Waals surface area contributed by atoms with Crippen molar-refractivity contribution >= 4 is 171 Å². The summed E-state index contributed by atoms with van der Waals surface area (Å²) in [7, 11) is 0. The number of hydrogen-bond acceptors (Lipinski definition) is 5. The van der Waals surface area contributed by atoms with Gasteiger partial charge in [0.25, 0.3) is 0 Å². The second-order valence-electron chi connectivity index (χ2n) is 8.42. The molecular weight excluding hydrogens is 1090 g/mol. The van der Waals surface area contributed by atoms with Crippen molar-refractivity contribution in [3.63, 3.8) is 0 Å². The van der Waals surface area contributed by atoms with Crippen LogP contribution in [0.4, 0.5) is 52.0 Å². The molecule has 5 nitrogen and oxygen atoms in total. The molecule has 0 bridgehead atoms. The zero-order valence-electron chi connectivity index (χ0n) is 25.0. The van der Waals surface area contributed by atoms with E-state index in [1.807, 2.05) is 30.3 Å². The van der Waals surface area contributed by atoms with Crippen molar-refractivity contribution in [1.29, 1.82) is 0 Å². The molecule has 5 aromatic rings. The van der Waals surface area contributed by atoms with Crippen LogP contribution in [0.2, 0.25) is 0 Å². The molecule has 5 rings (SSSR count). The van der Waals surface area contributed by atoms with Crippen molar-refractivity contribution < 1.29 is 23.5 Å². The van der Waals surface area contributed by atoms with E-state index < -0.39 is 0 Å². The molecule has 5 aromatic carbocycles. The normalized spacial score (nSPS) is 8.50. The smallest absolute Gasteiger partial charge is 0.0459 e. The molecule has 0 saturated heterocycles. The minimum absolute atomic E-state index is 0. The molecule has 10 N–H and O–H groups in total. The van der Waals surface area contributed by atoms with E-state index in [9.17, 15) is 0 Å². The van der Waals surface area contributed by atoms with Crippen LogP contribution in [0.15, 0.2) is 138 Å². The first-order valence-electron chi connectivity index (χ1n) is 12.1. The van der Waals surface area contributed by atoms with Crippen LogP contribution >= 0.6 is 143 Å². The summed E-state index contributed by atoms with van der Waals surface area (Å²) < 4.78 is 4.35. The van der Waals surface area contributed by atoms with Gasteiger partial charge in [0, 0.05) is 75.3 Å². The molecule has 50 heavy (non-hydrogen) atoms. The predicted octanol–water partition coefficient (Wildman–Crippen LogP) is 13.7. The van der Waals surface area contributed by atoms with Gasteiger partial charge in [0.05, 0.1) is 0 Å². The first kappa shape index (κ1) is 57.6. The number of anilines is 5. The van der Waals surface area contributed by atoms with Crippen molar-refractivity contribution in [3.8, 4) is 0 Å². The van der Waals surface area contributed by atoms with E-state index in [0.717, 1.165) is 75.3 Å². The van der Waals surface area contributed by atoms with Crippen LogP contribution in [0.1, 0.15) is 0 Å². The van der Waals surface area contributed by atoms with Gasteiger partial charge in [-0.25, -0.2) is 0 Å². The number of nitrogens with two attached hydrogens (primary N) is 5. The third-order valence-corrected chi connectivity index (χ3v) is 9.56. The van der Waals surface area contributed by atoms with Crippen LogP contribution in [0, 0.1) is 0 Å². The van der Waals surface area contributed by atoms with Crippen molar-refractivity contribution in [2.75, 3.05) is 28.7 Å². The van der Waals surface area contributed by atoms with Gasteiger partial charge in [-0.3, -0.25) is 23.5 Å². The number of halogens is 10. The average molecular weight is 1120 g/mol. The van der Waals surface area contributed by atoms with Gasteiger partial charge in [0.2, 0.25) is 0 Å². The molecule has 0 unspecified atom stereocenters. The maximum absolute atomic E-state index is 5.50. The Kier molecular flexibility index (Phi) is 34.3. The number of rotatable bonds is 0. The SMILES string of the molecule is F.F.F.F.F.Nc1ccc([S])cc1Br.Nc1ccc([S])cc1Br.Nc1ccc([S])cc1Br.Nc1ccc([S])cc1Br.Nc1ccc([S])cc1Br. The number of benzene rings is 5. The fraction of sp³-hybridized carbons (Fsp3) is 0. The van der Waals surface area contributed by atoms with Gasteiger partial charge >= 0.3 is 0 Å². The molecule has 0 heterocycles. The topological polar surface area (TPSA) is 130 Å². The molecule has 0 fully saturated rings. The van der Waals surface area contributed by atoms with E-state index >= 15 is 0 Å². The van der Waals surface area contributed by atoms with Crippen LogP contribution < -0.4 is 28.7 Å². The Hall–Kier alpha value is -1.75. The highest BCUT2D eigenvalue weighted by Gasteiger charge is 1.96. The highest BCUT2D eigenvalue weighted by molar-refractivity contribution is 9.11. The number of hydrogen-bond donors (Lipinski definition) is 5. The van der Waals surface area contributed by atoms with Crippen LogP contribution in [-0.4, -0.2) is 0 Å². The number of nitrogen functional groups attached to an aromatic ring is 5. The van der Waals surface area contributed by atoms with E-state index in [1.54, 1.807) is 60.7 Å². The molecule has 0 spiro atoms. The van der Waals surface area contributed by atoms with Gasteiger partial charge < -0.3 is 28.7 Å². The van der Waals surface area contributed by atoms with Crippen LogP contribution in [0.3, 0.4) is 0 Å². The summed E-state index contributed by atoms with van der Waals surface area (Å²) in [5, 5.41) is 0. The zero-order valence-corrected chi connectivity index (χ0v) is 37.0. The average Bonchev–Trinajstić information content (AvgIpc) is 2.97. The van der Waals surface area contributed by atoms with Gasteiger partial charge in [0.1, 0.15) is 0 Å². The van der Waals surface area contributed by atoms with Crippen LogP contribution in [-0.2, 0) is 0 Å². The summed E-state index contributed by atoms with van der Waals surface area (Å²) in [6, 6.07) is 27.0. The molecule has 0 aliphatic carbocycles. The van der Waals surface area contributed by atoms with Gasteiger partial charge in [-0.2, -0.15) is 0 Å². The Morgan fingerprint density at radius 2 is 0.400 bits per heavy atom. The summed E-state index contributed by atoms with van der Waals surface area (Å²) >= 11 is 40.6. The fourth-order valence-electron chi connectivity index (χ4n) is 2.54. The van der Waals surface area contributed by atoms with Gasteiger partial charge in [0.15, 0.2) is 0 Å². The van der Waals surface area contributed by atoms with E-state index in [2.05, 4.69) is 79.6 Å². The highest BCUT2D eigenvalue weighted by Crippen LogP contribution is 2.24. The Morgan fingerprint density at radius 1 is 0.280 bits per heavy atom. The Balaban J connectivity index is -0.000000165. The Labute approximate surface area is 357 Å². The third kappa shape index (κ3) is 23.7. The van der Waals surface area contributed by atoms with Crippen molar-refractivity contribution in [2.24, 2.45) is 0 Å². The standard InChI is InChI=1S/5C6H5BrNS.5FH/c5*7-5-3-4(9)1-2-6(5)8;;;;;/h5*1-3H,8H2;5*1H. The molecule has 275 valence electrons. The molecule has 0 atom stereocenters. The van der Waals surface area contributed by atoms with Crippen LogP contribution in [0.5, 0.6) is 0 Å². The largest absolute Gasteiger partial charge is 0.398 e. The quantitative estimate of drug-likeness (QED) is 0.0779. The van der Waals surface area contributed by atoms with Crippen molar-refractivity contribution in [3.05, 3.63) is 113 Å². The first-order chi connectivity index (χ1) is 21.0. The minimum Gasteiger partial charge on any atom is -0.398 e. The van der Waals surface area contributed by atoms with Gasteiger partial charge in [-0.05, 0) is 171 Å². The maximum Gasteiger partial charge on any atom is 0.0459 e. The summed E-state index contributed by atoms with van der Waals surface area (Å²) in [4.78, 5) is 4.01. The summed E-state index contributed by atoms with van der Waals surface area (Å²) in [5.74, 6) is 0. The lowest BCUT2D eigenvalue weighted by Crippen LogP contribution is -1.84. The first-order valence-corrected chi connectivity index (χ1v) is 18.1. The Morgan fingerprint density at radius 3 is 0.480 bits per heavy atom. The summed E-state index contributed by atoms with van der Waals surface area (Å²) in [6.45, 7) is 0. The maximum atomic E-state index is 5.50. The lowest BCUT2D eigenvalue weighted by Gasteiger charge is -1.95. The lowest BCUT2D eigenvalue weighted by atomic mass is 10.3. The summed E-state index contributed by atoms with van der Waals surface area (Å²) in [6.07, 6.45) is 0. The van der Waals surface area contributed by atoms with E-state index in [-0.39, 0.29) is 23.5 Å². The molecule has 0 aliphatic heterocycles. The predicted molar refractivity (Wildman–Crippen MR) is 235 cm³/mol.